The van der Waals surface area contributed by atoms with Crippen molar-refractivity contribution in [2.24, 2.45) is 17.3 Å². The van der Waals surface area contributed by atoms with Crippen LogP contribution in [0.2, 0.25) is 0 Å². The molecule has 1 saturated heterocycles. The van der Waals surface area contributed by atoms with Crippen molar-refractivity contribution in [3.8, 4) is 0 Å². The van der Waals surface area contributed by atoms with Crippen LogP contribution >= 0.6 is 0 Å². The monoisotopic (exact) mass is 518 g/mol. The van der Waals surface area contributed by atoms with Crippen LogP contribution in [0.4, 0.5) is 13.2 Å². The van der Waals surface area contributed by atoms with Gasteiger partial charge in [-0.3, -0.25) is 4.79 Å². The number of rotatable bonds is 4. The highest BCUT2D eigenvalue weighted by atomic mass is 19.4. The predicted molar refractivity (Wildman–Crippen MR) is 142 cm³/mol. The van der Waals surface area contributed by atoms with Crippen LogP contribution in [0.5, 0.6) is 0 Å². The zero-order valence-electron chi connectivity index (χ0n) is 22.3. The number of aromatic amines is 1. The highest BCUT2D eigenvalue weighted by Gasteiger charge is 2.43. The minimum atomic E-state index is -4.35. The third-order valence-corrected chi connectivity index (χ3v) is 9.21. The Balaban J connectivity index is 0.000000747. The molecule has 2 aromatic rings. The molecule has 1 aliphatic heterocycles. The number of hydrogen-bond acceptors (Lipinski definition) is 2. The Morgan fingerprint density at radius 3 is 2.51 bits per heavy atom. The van der Waals surface area contributed by atoms with Crippen LogP contribution in [0.1, 0.15) is 88.5 Å². The van der Waals surface area contributed by atoms with Crippen LogP contribution < -0.4 is 0 Å². The highest BCUT2D eigenvalue weighted by molar-refractivity contribution is 5.86. The quantitative estimate of drug-likeness (QED) is 0.406. The van der Waals surface area contributed by atoms with E-state index in [1.807, 2.05) is 26.0 Å². The van der Waals surface area contributed by atoms with Gasteiger partial charge in [0.1, 0.15) is 0 Å². The van der Waals surface area contributed by atoms with E-state index in [4.69, 9.17) is 0 Å². The van der Waals surface area contributed by atoms with E-state index in [0.29, 0.717) is 23.6 Å². The Labute approximate surface area is 218 Å². The van der Waals surface area contributed by atoms with Crippen LogP contribution in [0.15, 0.2) is 30.4 Å². The molecule has 1 aromatic carbocycles. The first kappa shape index (κ1) is 27.7. The van der Waals surface area contributed by atoms with E-state index >= 15 is 0 Å². The number of allylic oxidation sites excluding steroid dienone is 2. The molecular weight excluding hydrogens is 477 g/mol. The molecule has 2 unspecified atom stereocenters. The summed E-state index contributed by atoms with van der Waals surface area (Å²) >= 11 is 0. The number of hydrogen-bond donors (Lipinski definition) is 2. The number of halogens is 3. The Kier molecular flexibility index (Phi) is 8.41. The fraction of sp³-hybridized carbons (Fsp3) is 0.633. The lowest BCUT2D eigenvalue weighted by Crippen LogP contribution is -2.47. The lowest BCUT2D eigenvalue weighted by Gasteiger charge is -2.45. The van der Waals surface area contributed by atoms with Crippen LogP contribution in [0.3, 0.4) is 0 Å². The number of aromatic nitrogens is 1. The summed E-state index contributed by atoms with van der Waals surface area (Å²) in [5, 5.41) is 10.6. The van der Waals surface area contributed by atoms with Crippen molar-refractivity contribution in [2.45, 2.75) is 84.2 Å². The van der Waals surface area contributed by atoms with Gasteiger partial charge in [0, 0.05) is 23.1 Å². The molecule has 2 fully saturated rings. The number of carbonyl (C=O) groups is 1. The summed E-state index contributed by atoms with van der Waals surface area (Å²) in [6.45, 7) is 8.82. The molecule has 0 bridgehead atoms. The number of alkyl halides is 3. The van der Waals surface area contributed by atoms with Gasteiger partial charge in [-0.2, -0.15) is 13.2 Å². The number of nitrogens with one attached hydrogen (secondary N) is 1. The number of H-pyrrole nitrogens is 1. The van der Waals surface area contributed by atoms with E-state index in [1.54, 1.807) is 6.07 Å². The Morgan fingerprint density at radius 2 is 1.89 bits per heavy atom. The van der Waals surface area contributed by atoms with E-state index in [9.17, 15) is 23.1 Å². The average Bonchev–Trinajstić information content (AvgIpc) is 3.25. The summed E-state index contributed by atoms with van der Waals surface area (Å²) in [5.74, 6) is 0.419. The topological polar surface area (TPSA) is 56.3 Å². The third kappa shape index (κ3) is 5.76. The summed E-state index contributed by atoms with van der Waals surface area (Å²) in [7, 11) is 0. The molecule has 1 aromatic heterocycles. The second-order valence-electron chi connectivity index (χ2n) is 11.3. The highest BCUT2D eigenvalue weighted by Crippen LogP contribution is 2.47. The SMILES string of the molecule is C/C=C\C.C[C@H]1c2c([nH]c3ccc(C(F)(F)F)cc23)CC2CCN(CCC3(C(=O)O)CCCCC3)CC21. The molecule has 1 saturated carbocycles. The van der Waals surface area contributed by atoms with E-state index < -0.39 is 23.1 Å². The lowest BCUT2D eigenvalue weighted by molar-refractivity contribution is -0.152. The summed E-state index contributed by atoms with van der Waals surface area (Å²) in [6, 6.07) is 4.03. The van der Waals surface area contributed by atoms with Crippen molar-refractivity contribution in [3.05, 3.63) is 47.2 Å². The molecule has 0 spiro atoms. The minimum absolute atomic E-state index is 0.168. The van der Waals surface area contributed by atoms with E-state index in [0.717, 1.165) is 87.4 Å². The fourth-order valence-electron chi connectivity index (χ4n) is 6.90. The summed E-state index contributed by atoms with van der Waals surface area (Å²) < 4.78 is 40.0. The minimum Gasteiger partial charge on any atom is -0.481 e. The standard InChI is InChI=1S/C26H33F3N2O2.C4H8/c1-16-20-15-31(12-10-25(24(32)33)8-3-2-4-9-25)11-7-17(20)13-22-23(16)19-14-18(26(27,28)29)5-6-21(19)30-22;1-3-4-2/h5-6,14,16-17,20,30H,2-4,7-13,15H2,1H3,(H,32,33);3-4H,1-2H3/b;4-3-/t16-,17?,20?;/m1./s1. The molecule has 37 heavy (non-hydrogen) atoms. The van der Waals surface area contributed by atoms with Crippen molar-refractivity contribution >= 4 is 16.9 Å². The molecule has 2 heterocycles. The zero-order valence-corrected chi connectivity index (χ0v) is 22.3. The van der Waals surface area contributed by atoms with Gasteiger partial charge in [0.2, 0.25) is 0 Å². The van der Waals surface area contributed by atoms with Gasteiger partial charge in [-0.15, -0.1) is 0 Å². The first-order valence-corrected chi connectivity index (χ1v) is 13.8. The Hall–Kier alpha value is -2.28. The normalized spacial score (nSPS) is 25.8. The Bertz CT molecular complexity index is 1110. The van der Waals surface area contributed by atoms with E-state index in [1.165, 1.54) is 6.07 Å². The summed E-state index contributed by atoms with van der Waals surface area (Å²) in [4.78, 5) is 17.9. The number of benzene rings is 1. The second kappa shape index (κ2) is 11.2. The van der Waals surface area contributed by atoms with Crippen LogP contribution in [-0.2, 0) is 17.4 Å². The van der Waals surface area contributed by atoms with Gasteiger partial charge in [0.15, 0.2) is 0 Å². The van der Waals surface area contributed by atoms with Gasteiger partial charge < -0.3 is 15.0 Å². The number of likely N-dealkylation sites (tertiary alicyclic amines) is 1. The van der Waals surface area contributed by atoms with Gasteiger partial charge in [-0.05, 0) is 101 Å². The van der Waals surface area contributed by atoms with Gasteiger partial charge in [-0.25, -0.2) is 0 Å². The average molecular weight is 519 g/mol. The van der Waals surface area contributed by atoms with Gasteiger partial charge in [0.05, 0.1) is 11.0 Å². The molecule has 0 radical (unpaired) electrons. The molecule has 7 heteroatoms. The van der Waals surface area contributed by atoms with Crippen molar-refractivity contribution < 1.29 is 23.1 Å². The first-order valence-electron chi connectivity index (χ1n) is 13.8. The molecule has 0 amide bonds. The largest absolute Gasteiger partial charge is 0.481 e. The van der Waals surface area contributed by atoms with Crippen molar-refractivity contribution in [3.63, 3.8) is 0 Å². The number of carboxylic acid groups (broad SMARTS) is 1. The number of piperidine rings is 1. The number of nitrogens with zero attached hydrogens (tertiary/aromatic N) is 1. The molecular formula is C30H41F3N2O2. The van der Waals surface area contributed by atoms with Gasteiger partial charge >= 0.3 is 12.1 Å². The van der Waals surface area contributed by atoms with Crippen molar-refractivity contribution in [1.29, 1.82) is 0 Å². The molecule has 2 aliphatic carbocycles. The first-order chi connectivity index (χ1) is 17.6. The smallest absolute Gasteiger partial charge is 0.416 e. The maximum Gasteiger partial charge on any atom is 0.416 e. The van der Waals surface area contributed by atoms with Crippen molar-refractivity contribution in [2.75, 3.05) is 19.6 Å². The molecule has 204 valence electrons. The molecule has 2 N–H and O–H groups in total. The van der Waals surface area contributed by atoms with E-state index in [-0.39, 0.29) is 5.92 Å². The number of aliphatic carboxylic acids is 1. The molecule has 5 rings (SSSR count). The predicted octanol–water partition coefficient (Wildman–Crippen LogP) is 7.79. The summed E-state index contributed by atoms with van der Waals surface area (Å²) in [6.07, 6.45) is 6.96. The summed E-state index contributed by atoms with van der Waals surface area (Å²) in [5.41, 5.74) is 1.76. The Morgan fingerprint density at radius 1 is 1.19 bits per heavy atom. The number of carboxylic acids is 1. The van der Waals surface area contributed by atoms with Crippen LogP contribution in [-0.4, -0.2) is 40.6 Å². The molecule has 3 aliphatic rings. The van der Waals surface area contributed by atoms with Crippen LogP contribution in [0, 0.1) is 17.3 Å². The zero-order chi connectivity index (χ0) is 26.8. The van der Waals surface area contributed by atoms with E-state index in [2.05, 4.69) is 16.8 Å². The van der Waals surface area contributed by atoms with Gasteiger partial charge in [-0.1, -0.05) is 38.3 Å². The van der Waals surface area contributed by atoms with Gasteiger partial charge in [0.25, 0.3) is 0 Å². The number of fused-ring (bicyclic) bond motifs is 4. The lowest BCUT2D eigenvalue weighted by atomic mass is 9.67. The molecule has 3 atom stereocenters. The van der Waals surface area contributed by atoms with Crippen molar-refractivity contribution in [1.82, 2.24) is 9.88 Å². The maximum atomic E-state index is 13.3. The van der Waals surface area contributed by atoms with Crippen LogP contribution in [0.25, 0.3) is 10.9 Å². The maximum absolute atomic E-state index is 13.3. The third-order valence-electron chi connectivity index (χ3n) is 9.21. The molecule has 4 nitrogen and oxygen atoms in total. The second-order valence-corrected chi connectivity index (χ2v) is 11.3. The fourth-order valence-corrected chi connectivity index (χ4v) is 6.90.